The van der Waals surface area contributed by atoms with Crippen LogP contribution in [0.1, 0.15) is 31.9 Å². The van der Waals surface area contributed by atoms with E-state index in [4.69, 9.17) is 4.74 Å². The summed E-state index contributed by atoms with van der Waals surface area (Å²) in [7, 11) is 5.65. The molecular formula is C28H32FN3O. The van der Waals surface area contributed by atoms with Gasteiger partial charge in [0.15, 0.2) is 0 Å². The summed E-state index contributed by atoms with van der Waals surface area (Å²) in [6.07, 6.45) is 2.26. The number of anilines is 3. The number of rotatable bonds is 6. The normalized spacial score (nSPS) is 14.1. The number of fused-ring (bicyclic) bond motifs is 1. The standard InChI is InChI=1S/C28H32FN3O/c1-18-16-28(2,3)31-25-13-12-22(23-11-10-19(29)14-26(23)33-6)24(27(18)25)17-30-20-8-7-9-21(15-20)32(4)5/h7-16,30-31H,17H2,1-6H3. The smallest absolute Gasteiger partial charge is 0.129 e. The molecule has 0 bridgehead atoms. The van der Waals surface area contributed by atoms with Crippen LogP contribution in [-0.2, 0) is 6.54 Å². The van der Waals surface area contributed by atoms with Crippen LogP contribution in [0.25, 0.3) is 16.7 Å². The molecule has 0 saturated carbocycles. The summed E-state index contributed by atoms with van der Waals surface area (Å²) in [6.45, 7) is 7.11. The second-order valence-electron chi connectivity index (χ2n) is 9.33. The van der Waals surface area contributed by atoms with Crippen LogP contribution < -0.4 is 20.3 Å². The molecule has 1 heterocycles. The van der Waals surface area contributed by atoms with Crippen LogP contribution in [0.4, 0.5) is 21.5 Å². The third-order valence-electron chi connectivity index (χ3n) is 6.03. The highest BCUT2D eigenvalue weighted by Gasteiger charge is 2.26. The first-order valence-electron chi connectivity index (χ1n) is 11.2. The number of benzene rings is 3. The summed E-state index contributed by atoms with van der Waals surface area (Å²) >= 11 is 0. The van der Waals surface area contributed by atoms with Gasteiger partial charge in [0.25, 0.3) is 0 Å². The quantitative estimate of drug-likeness (QED) is 0.438. The predicted octanol–water partition coefficient (Wildman–Crippen LogP) is 6.79. The van der Waals surface area contributed by atoms with E-state index in [0.29, 0.717) is 12.3 Å². The van der Waals surface area contributed by atoms with Crippen molar-refractivity contribution in [3.05, 3.63) is 77.6 Å². The molecule has 4 rings (SSSR count). The molecule has 0 saturated heterocycles. The molecule has 1 aliphatic heterocycles. The second-order valence-corrected chi connectivity index (χ2v) is 9.33. The lowest BCUT2D eigenvalue weighted by Gasteiger charge is -2.33. The van der Waals surface area contributed by atoms with Gasteiger partial charge in [-0.1, -0.05) is 18.2 Å². The summed E-state index contributed by atoms with van der Waals surface area (Å²) in [5.41, 5.74) is 8.58. The number of allylic oxidation sites excluding steroid dienone is 1. The summed E-state index contributed by atoms with van der Waals surface area (Å²) in [5, 5.41) is 7.25. The van der Waals surface area contributed by atoms with Gasteiger partial charge < -0.3 is 20.3 Å². The van der Waals surface area contributed by atoms with Gasteiger partial charge in [0.05, 0.1) is 12.6 Å². The first-order chi connectivity index (χ1) is 15.7. The highest BCUT2D eigenvalue weighted by atomic mass is 19.1. The van der Waals surface area contributed by atoms with Gasteiger partial charge in [-0.25, -0.2) is 4.39 Å². The van der Waals surface area contributed by atoms with E-state index in [2.05, 4.69) is 78.8 Å². The fourth-order valence-corrected chi connectivity index (χ4v) is 4.61. The zero-order valence-corrected chi connectivity index (χ0v) is 20.2. The Hall–Kier alpha value is -3.47. The van der Waals surface area contributed by atoms with E-state index in [1.165, 1.54) is 23.3 Å². The molecule has 0 aliphatic carbocycles. The van der Waals surface area contributed by atoms with E-state index < -0.39 is 0 Å². The average molecular weight is 446 g/mol. The van der Waals surface area contributed by atoms with Crippen LogP contribution in [0.3, 0.4) is 0 Å². The van der Waals surface area contributed by atoms with Gasteiger partial charge >= 0.3 is 0 Å². The Balaban J connectivity index is 1.83. The van der Waals surface area contributed by atoms with Crippen LogP contribution in [0.2, 0.25) is 0 Å². The van der Waals surface area contributed by atoms with Crippen molar-refractivity contribution in [2.45, 2.75) is 32.9 Å². The minimum absolute atomic E-state index is 0.128. The van der Waals surface area contributed by atoms with Crippen molar-refractivity contribution < 1.29 is 9.13 Å². The second kappa shape index (κ2) is 8.81. The Morgan fingerprint density at radius 1 is 1.03 bits per heavy atom. The molecule has 4 nitrogen and oxygen atoms in total. The van der Waals surface area contributed by atoms with Crippen molar-refractivity contribution in [2.24, 2.45) is 0 Å². The lowest BCUT2D eigenvalue weighted by atomic mass is 9.85. The number of methoxy groups -OCH3 is 1. The third kappa shape index (κ3) is 4.68. The highest BCUT2D eigenvalue weighted by molar-refractivity contribution is 5.88. The van der Waals surface area contributed by atoms with E-state index in [-0.39, 0.29) is 11.4 Å². The summed E-state index contributed by atoms with van der Waals surface area (Å²) in [4.78, 5) is 2.09. The third-order valence-corrected chi connectivity index (χ3v) is 6.03. The molecule has 5 heteroatoms. The van der Waals surface area contributed by atoms with Crippen molar-refractivity contribution in [2.75, 3.05) is 36.7 Å². The van der Waals surface area contributed by atoms with Crippen LogP contribution in [0.5, 0.6) is 5.75 Å². The Bertz CT molecular complexity index is 1210. The van der Waals surface area contributed by atoms with Crippen LogP contribution in [0, 0.1) is 5.82 Å². The van der Waals surface area contributed by atoms with Crippen LogP contribution in [0.15, 0.2) is 60.7 Å². The number of nitrogens with zero attached hydrogens (tertiary/aromatic N) is 1. The van der Waals surface area contributed by atoms with Crippen molar-refractivity contribution in [3.8, 4) is 16.9 Å². The lowest BCUT2D eigenvalue weighted by molar-refractivity contribution is 0.413. The first kappa shape index (κ1) is 22.7. The molecule has 3 aromatic carbocycles. The topological polar surface area (TPSA) is 36.5 Å². The summed E-state index contributed by atoms with van der Waals surface area (Å²) < 4.78 is 19.5. The van der Waals surface area contributed by atoms with E-state index >= 15 is 0 Å². The van der Waals surface area contributed by atoms with Crippen LogP contribution in [-0.4, -0.2) is 26.7 Å². The molecule has 172 valence electrons. The van der Waals surface area contributed by atoms with Crippen molar-refractivity contribution >= 4 is 22.6 Å². The molecule has 0 radical (unpaired) electrons. The maximum atomic E-state index is 13.9. The van der Waals surface area contributed by atoms with E-state index in [9.17, 15) is 4.39 Å². The van der Waals surface area contributed by atoms with E-state index in [1.54, 1.807) is 13.2 Å². The monoisotopic (exact) mass is 445 g/mol. The highest BCUT2D eigenvalue weighted by Crippen LogP contribution is 2.42. The molecular weight excluding hydrogens is 413 g/mol. The van der Waals surface area contributed by atoms with Crippen molar-refractivity contribution in [1.82, 2.24) is 0 Å². The first-order valence-corrected chi connectivity index (χ1v) is 11.2. The minimum Gasteiger partial charge on any atom is -0.496 e. The fraction of sp³-hybridized carbons (Fsp3) is 0.286. The SMILES string of the molecule is COc1cc(F)ccc1-c1ccc2c(c1CNc1cccc(N(C)C)c1)C(C)=CC(C)(C)N2. The molecule has 0 spiro atoms. The minimum atomic E-state index is -0.312. The average Bonchev–Trinajstić information content (AvgIpc) is 2.76. The van der Waals surface area contributed by atoms with Gasteiger partial charge in [-0.2, -0.15) is 0 Å². The molecule has 0 aromatic heterocycles. The van der Waals surface area contributed by atoms with Gasteiger partial charge in [-0.15, -0.1) is 0 Å². The van der Waals surface area contributed by atoms with Gasteiger partial charge in [0.1, 0.15) is 11.6 Å². The Morgan fingerprint density at radius 2 is 1.79 bits per heavy atom. The largest absolute Gasteiger partial charge is 0.496 e. The molecule has 2 N–H and O–H groups in total. The van der Waals surface area contributed by atoms with Gasteiger partial charge in [0, 0.05) is 54.9 Å². The zero-order valence-electron chi connectivity index (χ0n) is 20.2. The Morgan fingerprint density at radius 3 is 2.52 bits per heavy atom. The van der Waals surface area contributed by atoms with E-state index in [0.717, 1.165) is 33.8 Å². The molecule has 0 unspecified atom stereocenters. The number of hydrogen-bond acceptors (Lipinski definition) is 4. The van der Waals surface area contributed by atoms with Gasteiger partial charge in [-0.05, 0) is 73.9 Å². The van der Waals surface area contributed by atoms with Gasteiger partial charge in [-0.3, -0.25) is 0 Å². The number of nitrogens with one attached hydrogen (secondary N) is 2. The Labute approximate surface area is 196 Å². The fourth-order valence-electron chi connectivity index (χ4n) is 4.61. The van der Waals surface area contributed by atoms with Gasteiger partial charge in [0.2, 0.25) is 0 Å². The Kier molecular flexibility index (Phi) is 6.07. The maximum Gasteiger partial charge on any atom is 0.129 e. The molecule has 33 heavy (non-hydrogen) atoms. The zero-order chi connectivity index (χ0) is 23.8. The number of hydrogen-bond donors (Lipinski definition) is 2. The molecule has 0 atom stereocenters. The lowest BCUT2D eigenvalue weighted by Crippen LogP contribution is -2.32. The van der Waals surface area contributed by atoms with Crippen molar-refractivity contribution in [3.63, 3.8) is 0 Å². The maximum absolute atomic E-state index is 13.9. The van der Waals surface area contributed by atoms with Crippen molar-refractivity contribution in [1.29, 1.82) is 0 Å². The number of halogens is 1. The molecule has 0 fully saturated rings. The summed E-state index contributed by atoms with van der Waals surface area (Å²) in [6, 6.07) is 17.3. The molecule has 1 aliphatic rings. The van der Waals surface area contributed by atoms with E-state index in [1.807, 2.05) is 14.1 Å². The predicted molar refractivity (Wildman–Crippen MR) is 138 cm³/mol. The summed E-state index contributed by atoms with van der Waals surface area (Å²) in [5.74, 6) is 0.213. The van der Waals surface area contributed by atoms with Crippen LogP contribution >= 0.6 is 0 Å². The number of ether oxygens (including phenoxy) is 1. The molecule has 3 aromatic rings. The molecule has 0 amide bonds.